The number of ketones is 1. The van der Waals surface area contributed by atoms with Crippen molar-refractivity contribution < 1.29 is 28.9 Å². The van der Waals surface area contributed by atoms with Crippen LogP contribution in [0, 0.1) is 0 Å². The Morgan fingerprint density at radius 1 is 0.878 bits per heavy atom. The molecule has 1 atom stereocenters. The third-order valence-corrected chi connectivity index (χ3v) is 7.40. The molecule has 8 heteroatoms. The highest BCUT2D eigenvalue weighted by atomic mass is 16.5. The minimum Gasteiger partial charge on any atom is -0.507 e. The highest BCUT2D eigenvalue weighted by Gasteiger charge is 2.45. The van der Waals surface area contributed by atoms with E-state index in [1.165, 1.54) is 0 Å². The number of hydrogen-bond acceptors (Lipinski definition) is 7. The summed E-state index contributed by atoms with van der Waals surface area (Å²) in [7, 11) is 0. The van der Waals surface area contributed by atoms with E-state index < -0.39 is 17.7 Å². The minimum atomic E-state index is -0.704. The lowest BCUT2D eigenvalue weighted by atomic mass is 9.95. The number of carbonyl (C=O) groups excluding carboxylic acids is 2. The zero-order valence-electron chi connectivity index (χ0n) is 23.3. The average molecular weight is 557 g/mol. The summed E-state index contributed by atoms with van der Waals surface area (Å²) in [5, 5.41) is 11.4. The second-order valence-electron chi connectivity index (χ2n) is 10.1. The number of morpholine rings is 1. The van der Waals surface area contributed by atoms with Crippen molar-refractivity contribution >= 4 is 17.4 Å². The molecule has 3 aromatic carbocycles. The van der Waals surface area contributed by atoms with Crippen LogP contribution in [0.15, 0.2) is 84.4 Å². The summed E-state index contributed by atoms with van der Waals surface area (Å²) in [6.07, 6.45) is 0.702. The van der Waals surface area contributed by atoms with Crippen LogP contribution >= 0.6 is 0 Å². The van der Waals surface area contributed by atoms with Gasteiger partial charge in [0.25, 0.3) is 11.7 Å². The van der Waals surface area contributed by atoms with E-state index in [0.29, 0.717) is 56.5 Å². The van der Waals surface area contributed by atoms with Crippen molar-refractivity contribution in [2.24, 2.45) is 0 Å². The maximum atomic E-state index is 13.4. The number of amides is 1. The molecular formula is C33H36N2O6. The van der Waals surface area contributed by atoms with Gasteiger partial charge < -0.3 is 24.2 Å². The molecule has 2 heterocycles. The molecule has 5 rings (SSSR count). The predicted molar refractivity (Wildman–Crippen MR) is 156 cm³/mol. The molecule has 1 unspecified atom stereocenters. The first-order valence-electron chi connectivity index (χ1n) is 14.1. The van der Waals surface area contributed by atoms with Crippen LogP contribution in [0.4, 0.5) is 0 Å². The number of likely N-dealkylation sites (tertiary alicyclic amines) is 1. The summed E-state index contributed by atoms with van der Waals surface area (Å²) >= 11 is 0. The van der Waals surface area contributed by atoms with Crippen LogP contribution < -0.4 is 9.47 Å². The summed E-state index contributed by atoms with van der Waals surface area (Å²) in [5.41, 5.74) is 2.31. The number of aliphatic hydroxyl groups excluding tert-OH is 1. The molecule has 214 valence electrons. The SMILES string of the molecule is CCOc1ccc(C2/C(=C(\O)c3ccc(OCc4ccccc4)cc3)C(=O)C(=O)N2CCCN2CCOCC2)cc1. The maximum absolute atomic E-state index is 13.4. The number of carbonyl (C=O) groups is 2. The van der Waals surface area contributed by atoms with Crippen LogP contribution in [0.5, 0.6) is 11.5 Å². The van der Waals surface area contributed by atoms with Gasteiger partial charge in [0.2, 0.25) is 0 Å². The zero-order chi connectivity index (χ0) is 28.6. The van der Waals surface area contributed by atoms with Crippen LogP contribution in [-0.2, 0) is 20.9 Å². The molecule has 1 amide bonds. The van der Waals surface area contributed by atoms with Crippen molar-refractivity contribution in [3.8, 4) is 11.5 Å². The number of Topliss-reactive ketones (excluding diaryl/α,β-unsaturated/α-hetero) is 1. The van der Waals surface area contributed by atoms with Crippen LogP contribution in [0.2, 0.25) is 0 Å². The lowest BCUT2D eigenvalue weighted by Gasteiger charge is -2.29. The van der Waals surface area contributed by atoms with Gasteiger partial charge in [-0.25, -0.2) is 0 Å². The summed E-state index contributed by atoms with van der Waals surface area (Å²) < 4.78 is 16.9. The molecule has 3 aromatic rings. The number of nitrogens with zero attached hydrogens (tertiary/aromatic N) is 2. The molecule has 0 bridgehead atoms. The van der Waals surface area contributed by atoms with Crippen LogP contribution in [0.1, 0.15) is 36.1 Å². The van der Waals surface area contributed by atoms with Gasteiger partial charge in [-0.1, -0.05) is 42.5 Å². The second-order valence-corrected chi connectivity index (χ2v) is 10.1. The highest BCUT2D eigenvalue weighted by molar-refractivity contribution is 6.46. The van der Waals surface area contributed by atoms with E-state index in [0.717, 1.165) is 30.8 Å². The van der Waals surface area contributed by atoms with Gasteiger partial charge in [0.15, 0.2) is 0 Å². The molecule has 8 nitrogen and oxygen atoms in total. The molecule has 0 saturated carbocycles. The molecule has 0 radical (unpaired) electrons. The van der Waals surface area contributed by atoms with Crippen molar-refractivity contribution in [2.45, 2.75) is 26.0 Å². The molecule has 41 heavy (non-hydrogen) atoms. The van der Waals surface area contributed by atoms with Gasteiger partial charge in [0.05, 0.1) is 31.4 Å². The van der Waals surface area contributed by atoms with Crippen LogP contribution in [0.25, 0.3) is 5.76 Å². The summed E-state index contributed by atoms with van der Waals surface area (Å²) in [4.78, 5) is 30.6. The lowest BCUT2D eigenvalue weighted by Crippen LogP contribution is -2.38. The maximum Gasteiger partial charge on any atom is 0.295 e. The van der Waals surface area contributed by atoms with Crippen molar-refractivity contribution in [2.75, 3.05) is 46.0 Å². The second kappa shape index (κ2) is 13.5. The van der Waals surface area contributed by atoms with Crippen molar-refractivity contribution in [1.29, 1.82) is 0 Å². The van der Waals surface area contributed by atoms with E-state index in [1.54, 1.807) is 29.2 Å². The fourth-order valence-electron chi connectivity index (χ4n) is 5.27. The molecule has 2 aliphatic heterocycles. The fourth-order valence-corrected chi connectivity index (χ4v) is 5.27. The highest BCUT2D eigenvalue weighted by Crippen LogP contribution is 2.40. The largest absolute Gasteiger partial charge is 0.507 e. The standard InChI is InChI=1S/C33H36N2O6/c1-2-40-27-13-9-25(10-14-27)30-29(32(37)33(38)35(30)18-6-17-34-19-21-39-22-20-34)31(36)26-11-15-28(16-12-26)41-23-24-7-4-3-5-8-24/h3-5,7-16,30,36H,2,6,17-23H2,1H3/b31-29+. The first-order chi connectivity index (χ1) is 20.0. The van der Waals surface area contributed by atoms with Crippen molar-refractivity contribution in [1.82, 2.24) is 9.80 Å². The number of benzene rings is 3. The molecule has 2 aliphatic rings. The third kappa shape index (κ3) is 6.78. The Labute approximate surface area is 240 Å². The smallest absolute Gasteiger partial charge is 0.295 e. The van der Waals surface area contributed by atoms with Gasteiger partial charge in [-0.05, 0) is 60.9 Å². The Kier molecular flexibility index (Phi) is 9.33. The Morgan fingerprint density at radius 2 is 1.54 bits per heavy atom. The molecule has 0 aromatic heterocycles. The van der Waals surface area contributed by atoms with Gasteiger partial charge in [-0.2, -0.15) is 0 Å². The Morgan fingerprint density at radius 3 is 2.22 bits per heavy atom. The Bertz CT molecular complexity index is 1350. The summed E-state index contributed by atoms with van der Waals surface area (Å²) in [5.74, 6) is -0.149. The average Bonchev–Trinajstić information content (AvgIpc) is 3.26. The van der Waals surface area contributed by atoms with E-state index in [9.17, 15) is 14.7 Å². The molecule has 0 spiro atoms. The van der Waals surface area contributed by atoms with E-state index in [4.69, 9.17) is 14.2 Å². The van der Waals surface area contributed by atoms with Crippen molar-refractivity contribution in [3.63, 3.8) is 0 Å². The van der Waals surface area contributed by atoms with Gasteiger partial charge in [-0.3, -0.25) is 14.5 Å². The van der Waals surface area contributed by atoms with Gasteiger partial charge in [0.1, 0.15) is 23.9 Å². The van der Waals surface area contributed by atoms with E-state index in [-0.39, 0.29) is 11.3 Å². The molecule has 0 aliphatic carbocycles. The zero-order valence-corrected chi connectivity index (χ0v) is 23.3. The molecule has 2 fully saturated rings. The number of aliphatic hydroxyl groups is 1. The molecule has 1 N–H and O–H groups in total. The van der Waals surface area contributed by atoms with Crippen molar-refractivity contribution in [3.05, 3.63) is 101 Å². The lowest BCUT2D eigenvalue weighted by molar-refractivity contribution is -0.140. The van der Waals surface area contributed by atoms with E-state index in [1.807, 2.05) is 61.5 Å². The van der Waals surface area contributed by atoms with E-state index in [2.05, 4.69) is 4.90 Å². The topological polar surface area (TPSA) is 88.5 Å². The quantitative estimate of drug-likeness (QED) is 0.206. The summed E-state index contributed by atoms with van der Waals surface area (Å²) in [6, 6.07) is 23.4. The minimum absolute atomic E-state index is 0.0866. The third-order valence-electron chi connectivity index (χ3n) is 7.40. The first kappa shape index (κ1) is 28.4. The van der Waals surface area contributed by atoms with E-state index >= 15 is 0 Å². The van der Waals surface area contributed by atoms with Crippen LogP contribution in [-0.4, -0.2) is 72.6 Å². The van der Waals surface area contributed by atoms with Gasteiger partial charge in [-0.15, -0.1) is 0 Å². The molecule has 2 saturated heterocycles. The number of rotatable bonds is 11. The monoisotopic (exact) mass is 556 g/mol. The van der Waals surface area contributed by atoms with Gasteiger partial charge >= 0.3 is 0 Å². The fraction of sp³-hybridized carbons (Fsp3) is 0.333. The summed E-state index contributed by atoms with van der Waals surface area (Å²) in [6.45, 7) is 7.16. The first-order valence-corrected chi connectivity index (χ1v) is 14.1. The number of ether oxygens (including phenoxy) is 3. The normalized spacial score (nSPS) is 19.0. The van der Waals surface area contributed by atoms with Crippen LogP contribution in [0.3, 0.4) is 0 Å². The van der Waals surface area contributed by atoms with Gasteiger partial charge in [0, 0.05) is 31.7 Å². The predicted octanol–water partition coefficient (Wildman–Crippen LogP) is 4.81. The Hall–Kier alpha value is -4.14. The Balaban J connectivity index is 1.39. The molecular weight excluding hydrogens is 520 g/mol. The number of hydrogen-bond donors (Lipinski definition) is 1.